The summed E-state index contributed by atoms with van der Waals surface area (Å²) in [5.41, 5.74) is -2.00. The fourth-order valence-corrected chi connectivity index (χ4v) is 3.44. The summed E-state index contributed by atoms with van der Waals surface area (Å²) in [5, 5.41) is 23.3. The summed E-state index contributed by atoms with van der Waals surface area (Å²) in [5.74, 6) is -0.132. The highest BCUT2D eigenvalue weighted by Crippen LogP contribution is 2.33. The van der Waals surface area contributed by atoms with Gasteiger partial charge in [-0.1, -0.05) is 6.07 Å². The number of imidazole rings is 1. The first-order valence-corrected chi connectivity index (χ1v) is 10.4. The van der Waals surface area contributed by atoms with Gasteiger partial charge in [-0.05, 0) is 58.4 Å². The molecule has 0 fully saturated rings. The minimum absolute atomic E-state index is 0.233. The summed E-state index contributed by atoms with van der Waals surface area (Å²) in [6, 6.07) is 6.34. The topological polar surface area (TPSA) is 100 Å². The number of hydrogen-bond donors (Lipinski definition) is 3. The van der Waals surface area contributed by atoms with Gasteiger partial charge in [0.15, 0.2) is 0 Å². The molecule has 0 aliphatic carbocycles. The molecule has 2 heterocycles. The number of fused-ring (bicyclic) bond motifs is 1. The molecule has 7 nitrogen and oxygen atoms in total. The van der Waals surface area contributed by atoms with Crippen LogP contribution >= 0.6 is 0 Å². The number of halogens is 3. The van der Waals surface area contributed by atoms with E-state index >= 15 is 0 Å². The maximum absolute atomic E-state index is 13.0. The summed E-state index contributed by atoms with van der Waals surface area (Å²) in [6.07, 6.45) is -3.70. The summed E-state index contributed by atoms with van der Waals surface area (Å²) in [6.45, 7) is 6.48. The van der Waals surface area contributed by atoms with E-state index in [4.69, 9.17) is 0 Å². The Morgan fingerprint density at radius 3 is 2.33 bits per heavy atom. The summed E-state index contributed by atoms with van der Waals surface area (Å²) < 4.78 is 40.8. The van der Waals surface area contributed by atoms with Crippen molar-refractivity contribution < 1.29 is 28.2 Å². The number of hydrogen-bond acceptors (Lipinski definition) is 5. The van der Waals surface area contributed by atoms with Crippen molar-refractivity contribution >= 4 is 22.6 Å². The van der Waals surface area contributed by atoms with Crippen LogP contribution in [0.1, 0.15) is 61.7 Å². The Hall–Kier alpha value is -2.98. The van der Waals surface area contributed by atoms with Gasteiger partial charge in [0, 0.05) is 24.7 Å². The van der Waals surface area contributed by atoms with Crippen molar-refractivity contribution in [2.75, 3.05) is 5.32 Å². The molecule has 33 heavy (non-hydrogen) atoms. The van der Waals surface area contributed by atoms with E-state index in [1.54, 1.807) is 33.0 Å². The first kappa shape index (κ1) is 24.7. The first-order chi connectivity index (χ1) is 15.1. The lowest BCUT2D eigenvalue weighted by molar-refractivity contribution is -0.141. The Morgan fingerprint density at radius 2 is 1.76 bits per heavy atom. The Kier molecular flexibility index (Phi) is 6.29. The van der Waals surface area contributed by atoms with Gasteiger partial charge in [-0.3, -0.25) is 4.79 Å². The molecule has 3 rings (SSSR count). The number of nitrogens with zero attached hydrogens (tertiary/aromatic N) is 3. The molecule has 0 radical (unpaired) electrons. The third-order valence-electron chi connectivity index (χ3n) is 5.25. The van der Waals surface area contributed by atoms with Gasteiger partial charge in [0.25, 0.3) is 5.91 Å². The average molecular weight is 464 g/mol. The van der Waals surface area contributed by atoms with Crippen molar-refractivity contribution in [3.8, 4) is 0 Å². The van der Waals surface area contributed by atoms with Crippen LogP contribution in [0, 0.1) is 0 Å². The maximum atomic E-state index is 13.0. The molecule has 0 spiro atoms. The molecule has 0 aliphatic rings. The average Bonchev–Trinajstić information content (AvgIpc) is 2.99. The number of benzene rings is 1. The number of aromatic nitrogens is 3. The SMILES string of the molecule is Cn1c(CCC(C)(C)O)nc2cc(C(C)(C)O)c(NC(=O)c3cccc(C(F)(F)F)n3)cc21. The van der Waals surface area contributed by atoms with E-state index in [9.17, 15) is 28.2 Å². The van der Waals surface area contributed by atoms with Crippen LogP contribution in [0.15, 0.2) is 30.3 Å². The van der Waals surface area contributed by atoms with Gasteiger partial charge in [-0.15, -0.1) is 0 Å². The lowest BCUT2D eigenvalue weighted by atomic mass is 9.95. The van der Waals surface area contributed by atoms with E-state index in [0.717, 1.165) is 12.1 Å². The van der Waals surface area contributed by atoms with Crippen molar-refractivity contribution in [2.24, 2.45) is 7.05 Å². The monoisotopic (exact) mass is 464 g/mol. The van der Waals surface area contributed by atoms with E-state index in [-0.39, 0.29) is 5.69 Å². The third-order valence-corrected chi connectivity index (χ3v) is 5.25. The van der Waals surface area contributed by atoms with Crippen LogP contribution in [0.3, 0.4) is 0 Å². The van der Waals surface area contributed by atoms with Gasteiger partial charge < -0.3 is 20.1 Å². The van der Waals surface area contributed by atoms with Crippen LogP contribution < -0.4 is 5.32 Å². The predicted octanol–water partition coefficient (Wildman–Crippen LogP) is 4.17. The second-order valence-electron chi connectivity index (χ2n) is 9.20. The van der Waals surface area contributed by atoms with Crippen molar-refractivity contribution in [1.82, 2.24) is 14.5 Å². The lowest BCUT2D eigenvalue weighted by Crippen LogP contribution is -2.22. The van der Waals surface area contributed by atoms with E-state index in [0.29, 0.717) is 35.3 Å². The fraction of sp³-hybridized carbons (Fsp3) is 0.435. The fourth-order valence-electron chi connectivity index (χ4n) is 3.44. The van der Waals surface area contributed by atoms with Crippen LogP contribution in [0.2, 0.25) is 0 Å². The Balaban J connectivity index is 2.02. The third kappa shape index (κ3) is 5.69. The number of nitrogens with one attached hydrogen (secondary N) is 1. The molecule has 178 valence electrons. The molecule has 0 aliphatic heterocycles. The van der Waals surface area contributed by atoms with E-state index in [1.807, 2.05) is 4.57 Å². The molecule has 3 N–H and O–H groups in total. The molecule has 0 unspecified atom stereocenters. The molecule has 1 amide bonds. The number of rotatable bonds is 6. The minimum atomic E-state index is -4.68. The molecule has 0 saturated carbocycles. The number of amides is 1. The molecule has 1 aromatic carbocycles. The zero-order chi connectivity index (χ0) is 24.8. The second kappa shape index (κ2) is 8.42. The quantitative estimate of drug-likeness (QED) is 0.509. The zero-order valence-electron chi connectivity index (χ0n) is 19.1. The van der Waals surface area contributed by atoms with Gasteiger partial charge in [0.1, 0.15) is 17.2 Å². The summed E-state index contributed by atoms with van der Waals surface area (Å²) >= 11 is 0. The normalized spacial score (nSPS) is 12.9. The van der Waals surface area contributed by atoms with Crippen LogP contribution in [-0.2, 0) is 25.2 Å². The molecule has 10 heteroatoms. The number of alkyl halides is 3. The highest BCUT2D eigenvalue weighted by atomic mass is 19.4. The molecule has 0 atom stereocenters. The number of aliphatic hydroxyl groups is 2. The van der Waals surface area contributed by atoms with Gasteiger partial charge >= 0.3 is 6.18 Å². The van der Waals surface area contributed by atoms with Crippen molar-refractivity contribution in [3.05, 3.63) is 53.1 Å². The van der Waals surface area contributed by atoms with Crippen molar-refractivity contribution in [1.29, 1.82) is 0 Å². The van der Waals surface area contributed by atoms with Gasteiger partial charge in [-0.25, -0.2) is 9.97 Å². The van der Waals surface area contributed by atoms with Crippen molar-refractivity contribution in [3.63, 3.8) is 0 Å². The zero-order valence-corrected chi connectivity index (χ0v) is 19.1. The molecule has 2 aromatic heterocycles. The summed E-state index contributed by atoms with van der Waals surface area (Å²) in [4.78, 5) is 20.8. The molecule has 0 saturated heterocycles. The Morgan fingerprint density at radius 1 is 1.09 bits per heavy atom. The number of carbonyl (C=O) groups excluding carboxylic acids is 1. The second-order valence-corrected chi connectivity index (χ2v) is 9.20. The molecular weight excluding hydrogens is 437 g/mol. The predicted molar refractivity (Wildman–Crippen MR) is 118 cm³/mol. The van der Waals surface area contributed by atoms with Gasteiger partial charge in [-0.2, -0.15) is 13.2 Å². The van der Waals surface area contributed by atoms with Crippen molar-refractivity contribution in [2.45, 2.75) is 57.9 Å². The maximum Gasteiger partial charge on any atom is 0.433 e. The smallest absolute Gasteiger partial charge is 0.390 e. The van der Waals surface area contributed by atoms with Gasteiger partial charge in [0.05, 0.1) is 22.2 Å². The van der Waals surface area contributed by atoms with E-state index in [1.165, 1.54) is 19.9 Å². The van der Waals surface area contributed by atoms with Gasteiger partial charge in [0.2, 0.25) is 0 Å². The highest BCUT2D eigenvalue weighted by Gasteiger charge is 2.33. The van der Waals surface area contributed by atoms with Crippen LogP contribution in [0.5, 0.6) is 0 Å². The minimum Gasteiger partial charge on any atom is -0.390 e. The summed E-state index contributed by atoms with van der Waals surface area (Å²) in [7, 11) is 1.79. The Bertz CT molecular complexity index is 1190. The lowest BCUT2D eigenvalue weighted by Gasteiger charge is -2.22. The van der Waals surface area contributed by atoms with E-state index < -0.39 is 34.7 Å². The van der Waals surface area contributed by atoms with E-state index in [2.05, 4.69) is 15.3 Å². The largest absolute Gasteiger partial charge is 0.433 e. The molecular formula is C23H27F3N4O3. The standard InChI is InChI=1S/C23H27F3N4O3/c1-21(2,32)10-9-19-28-16-11-13(22(3,4)33)15(12-17(16)30(19)5)29-20(31)14-7-6-8-18(27-14)23(24,25)26/h6-8,11-12,32-33H,9-10H2,1-5H3,(H,29,31). The molecule has 0 bridgehead atoms. The number of pyridine rings is 1. The number of anilines is 1. The molecule has 3 aromatic rings. The van der Waals surface area contributed by atoms with Crippen LogP contribution in [0.25, 0.3) is 11.0 Å². The Labute approximate surface area is 189 Å². The first-order valence-electron chi connectivity index (χ1n) is 10.4. The van der Waals surface area contributed by atoms with Crippen LogP contribution in [-0.4, -0.2) is 36.3 Å². The number of carbonyl (C=O) groups is 1. The van der Waals surface area contributed by atoms with Crippen LogP contribution in [0.4, 0.5) is 18.9 Å². The number of aryl methyl sites for hydroxylation is 2. The highest BCUT2D eigenvalue weighted by molar-refractivity contribution is 6.04.